The van der Waals surface area contributed by atoms with Gasteiger partial charge < -0.3 is 10.4 Å². The van der Waals surface area contributed by atoms with Crippen LogP contribution in [0.3, 0.4) is 0 Å². The molecule has 0 aromatic rings. The van der Waals surface area contributed by atoms with Crippen molar-refractivity contribution in [1.29, 1.82) is 0 Å². The second-order valence-corrected chi connectivity index (χ2v) is 4.52. The lowest BCUT2D eigenvalue weighted by molar-refractivity contribution is -0.142. The normalized spacial score (nSPS) is 34.5. The number of carbonyl (C=O) groups is 1. The molecule has 5 nitrogen and oxygen atoms in total. The number of hydrogen-bond donors (Lipinski definition) is 2. The number of piperidine rings is 1. The molecule has 0 aromatic heterocycles. The Morgan fingerprint density at radius 2 is 2.41 bits per heavy atom. The van der Waals surface area contributed by atoms with Crippen LogP contribution in [0.15, 0.2) is 33.9 Å². The van der Waals surface area contributed by atoms with E-state index in [1.54, 1.807) is 6.34 Å². The summed E-state index contributed by atoms with van der Waals surface area (Å²) in [5.41, 5.74) is 1.82. The zero-order chi connectivity index (χ0) is 11.8. The molecule has 2 aliphatic heterocycles. The maximum absolute atomic E-state index is 11.0. The van der Waals surface area contributed by atoms with Crippen LogP contribution in [0.25, 0.3) is 0 Å². The lowest BCUT2D eigenvalue weighted by Crippen LogP contribution is -2.50. The van der Waals surface area contributed by atoms with Crippen LogP contribution in [0, 0.1) is 11.8 Å². The highest BCUT2D eigenvalue weighted by molar-refractivity contribution is 6.11. The van der Waals surface area contributed by atoms with Crippen molar-refractivity contribution in [1.82, 2.24) is 5.32 Å². The van der Waals surface area contributed by atoms with Crippen LogP contribution in [0.5, 0.6) is 0 Å². The number of nitrogens with zero attached hydrogens (tertiary/aromatic N) is 2. The number of allylic oxidation sites excluding steroid dienone is 2. The summed E-state index contributed by atoms with van der Waals surface area (Å²) in [5, 5.41) is 12.3. The molecule has 0 spiro atoms. The fourth-order valence-corrected chi connectivity index (χ4v) is 2.59. The summed E-state index contributed by atoms with van der Waals surface area (Å²) in [6.45, 7) is 0.497. The lowest BCUT2D eigenvalue weighted by atomic mass is 9.82. The molecule has 0 saturated carbocycles. The molecule has 88 valence electrons. The molecule has 3 rings (SSSR count). The predicted octanol–water partition coefficient (Wildman–Crippen LogP) is 0.602. The lowest BCUT2D eigenvalue weighted by Gasteiger charge is -2.33. The van der Waals surface area contributed by atoms with Crippen molar-refractivity contribution >= 4 is 18.0 Å². The van der Waals surface area contributed by atoms with Gasteiger partial charge in [0, 0.05) is 6.54 Å². The minimum Gasteiger partial charge on any atom is -0.481 e. The minimum atomic E-state index is -0.730. The van der Waals surface area contributed by atoms with Crippen LogP contribution < -0.4 is 5.32 Å². The number of rotatable bonds is 1. The highest BCUT2D eigenvalue weighted by Gasteiger charge is 2.37. The molecule has 3 atom stereocenters. The third kappa shape index (κ3) is 1.72. The van der Waals surface area contributed by atoms with Crippen molar-refractivity contribution in [2.75, 3.05) is 6.54 Å². The van der Waals surface area contributed by atoms with Gasteiger partial charge in [-0.1, -0.05) is 12.2 Å². The van der Waals surface area contributed by atoms with Crippen LogP contribution >= 0.6 is 0 Å². The van der Waals surface area contributed by atoms with Crippen molar-refractivity contribution in [3.8, 4) is 0 Å². The number of carboxylic acid groups (broad SMARTS) is 1. The largest absolute Gasteiger partial charge is 0.481 e. The minimum absolute atomic E-state index is 0.0955. The Labute approximate surface area is 98.7 Å². The highest BCUT2D eigenvalue weighted by Crippen LogP contribution is 2.28. The molecule has 0 bridgehead atoms. The molecular formula is C12H13N3O2. The standard InChI is InChI=1S/C12H13N3O2/c16-12(17)8-4-7-2-1-3-9-11(15-6-14-9)10(7)13-5-8/h1-3,6-8,10,13H,4-5H2,(H,16,17). The van der Waals surface area contributed by atoms with E-state index in [0.717, 1.165) is 11.4 Å². The summed E-state index contributed by atoms with van der Waals surface area (Å²) in [6, 6.07) is 0.0955. The van der Waals surface area contributed by atoms with Crippen LogP contribution in [0.2, 0.25) is 0 Å². The summed E-state index contributed by atoms with van der Waals surface area (Å²) < 4.78 is 0. The SMILES string of the molecule is O=C(O)C1CNC2C3=NC=NC3=CC=CC2C1. The first-order valence-electron chi connectivity index (χ1n) is 5.71. The molecule has 1 saturated heterocycles. The summed E-state index contributed by atoms with van der Waals surface area (Å²) in [7, 11) is 0. The summed E-state index contributed by atoms with van der Waals surface area (Å²) in [4.78, 5) is 19.5. The predicted molar refractivity (Wildman–Crippen MR) is 64.2 cm³/mol. The van der Waals surface area contributed by atoms with Crippen molar-refractivity contribution in [2.24, 2.45) is 21.8 Å². The van der Waals surface area contributed by atoms with Gasteiger partial charge in [-0.25, -0.2) is 9.98 Å². The fourth-order valence-electron chi connectivity index (χ4n) is 2.59. The first kappa shape index (κ1) is 10.4. The molecule has 0 amide bonds. The van der Waals surface area contributed by atoms with Crippen LogP contribution in [-0.4, -0.2) is 35.7 Å². The molecule has 2 N–H and O–H groups in total. The number of hydrogen-bond acceptors (Lipinski definition) is 4. The Bertz CT molecular complexity index is 476. The molecule has 17 heavy (non-hydrogen) atoms. The maximum atomic E-state index is 11.0. The monoisotopic (exact) mass is 231 g/mol. The van der Waals surface area contributed by atoms with Gasteiger partial charge in [-0.3, -0.25) is 4.79 Å². The molecule has 3 unspecified atom stereocenters. The van der Waals surface area contributed by atoms with Gasteiger partial charge in [-0.05, 0) is 18.4 Å². The number of fused-ring (bicyclic) bond motifs is 3. The van der Waals surface area contributed by atoms with Gasteiger partial charge in [-0.2, -0.15) is 0 Å². The third-order valence-electron chi connectivity index (χ3n) is 3.48. The van der Waals surface area contributed by atoms with Gasteiger partial charge in [0.1, 0.15) is 6.34 Å². The Kier molecular flexibility index (Phi) is 2.40. The van der Waals surface area contributed by atoms with Gasteiger partial charge >= 0.3 is 5.97 Å². The molecule has 5 heteroatoms. The van der Waals surface area contributed by atoms with Crippen molar-refractivity contribution < 1.29 is 9.90 Å². The van der Waals surface area contributed by atoms with E-state index in [0.29, 0.717) is 13.0 Å². The second-order valence-electron chi connectivity index (χ2n) is 4.52. The average molecular weight is 231 g/mol. The van der Waals surface area contributed by atoms with E-state index in [9.17, 15) is 4.79 Å². The van der Waals surface area contributed by atoms with Crippen LogP contribution in [-0.2, 0) is 4.79 Å². The van der Waals surface area contributed by atoms with E-state index in [2.05, 4.69) is 21.4 Å². The molecule has 2 heterocycles. The van der Waals surface area contributed by atoms with Crippen molar-refractivity contribution in [3.05, 3.63) is 23.9 Å². The van der Waals surface area contributed by atoms with E-state index in [1.165, 1.54) is 0 Å². The van der Waals surface area contributed by atoms with E-state index >= 15 is 0 Å². The Morgan fingerprint density at radius 3 is 3.24 bits per heavy atom. The fraction of sp³-hybridized carbons (Fsp3) is 0.417. The maximum Gasteiger partial charge on any atom is 0.307 e. The van der Waals surface area contributed by atoms with Crippen molar-refractivity contribution in [3.63, 3.8) is 0 Å². The third-order valence-corrected chi connectivity index (χ3v) is 3.48. The number of aliphatic carboxylic acids is 1. The van der Waals surface area contributed by atoms with Crippen molar-refractivity contribution in [2.45, 2.75) is 12.5 Å². The Morgan fingerprint density at radius 1 is 1.53 bits per heavy atom. The van der Waals surface area contributed by atoms with Gasteiger partial charge in [0.25, 0.3) is 0 Å². The second kappa shape index (κ2) is 3.92. The van der Waals surface area contributed by atoms with Gasteiger partial charge in [0.15, 0.2) is 0 Å². The van der Waals surface area contributed by atoms with Gasteiger partial charge in [-0.15, -0.1) is 0 Å². The zero-order valence-corrected chi connectivity index (χ0v) is 9.21. The number of aliphatic imine (C=N–C) groups is 2. The molecule has 0 aromatic carbocycles. The van der Waals surface area contributed by atoms with Gasteiger partial charge in [0.2, 0.25) is 0 Å². The van der Waals surface area contributed by atoms with E-state index in [4.69, 9.17) is 5.11 Å². The van der Waals surface area contributed by atoms with Crippen LogP contribution in [0.1, 0.15) is 6.42 Å². The molecular weight excluding hydrogens is 218 g/mol. The Balaban J connectivity index is 1.86. The zero-order valence-electron chi connectivity index (χ0n) is 9.21. The van der Waals surface area contributed by atoms with E-state index in [1.807, 2.05) is 12.2 Å². The van der Waals surface area contributed by atoms with Crippen LogP contribution in [0.4, 0.5) is 0 Å². The van der Waals surface area contributed by atoms with E-state index < -0.39 is 5.97 Å². The number of nitrogens with one attached hydrogen (secondary N) is 1. The topological polar surface area (TPSA) is 74.0 Å². The van der Waals surface area contributed by atoms with Gasteiger partial charge in [0.05, 0.1) is 23.4 Å². The molecule has 1 aliphatic carbocycles. The first-order valence-corrected chi connectivity index (χ1v) is 5.71. The smallest absolute Gasteiger partial charge is 0.307 e. The van der Waals surface area contributed by atoms with E-state index in [-0.39, 0.29) is 17.9 Å². The highest BCUT2D eigenvalue weighted by atomic mass is 16.4. The Hall–Kier alpha value is -1.75. The molecule has 3 aliphatic rings. The number of carboxylic acids is 1. The summed E-state index contributed by atoms with van der Waals surface area (Å²) >= 11 is 0. The summed E-state index contributed by atoms with van der Waals surface area (Å²) in [5.74, 6) is -0.865. The first-order chi connectivity index (χ1) is 8.25. The molecule has 1 fully saturated rings. The quantitative estimate of drug-likeness (QED) is 0.694. The average Bonchev–Trinajstić information content (AvgIpc) is 2.71. The molecule has 0 radical (unpaired) electrons. The summed E-state index contributed by atoms with van der Waals surface area (Å²) in [6.07, 6.45) is 8.14.